The van der Waals surface area contributed by atoms with Crippen molar-refractivity contribution in [1.82, 2.24) is 20.2 Å². The third-order valence-electron chi connectivity index (χ3n) is 5.43. The number of likely N-dealkylation sites (tertiary alicyclic amines) is 1. The first kappa shape index (κ1) is 16.6. The molecule has 2 aromatic rings. The predicted octanol–water partition coefficient (Wildman–Crippen LogP) is 3.20. The molecule has 2 aromatic heterocycles. The summed E-state index contributed by atoms with van der Waals surface area (Å²) in [5.74, 6) is 0.691. The molecule has 2 N–H and O–H groups in total. The van der Waals surface area contributed by atoms with Gasteiger partial charge in [0.25, 0.3) is 5.91 Å². The number of carbonyl (C=O) groups excluding carboxylic acids is 1. The summed E-state index contributed by atoms with van der Waals surface area (Å²) in [5.41, 5.74) is 1.93. The zero-order valence-electron chi connectivity index (χ0n) is 14.1. The van der Waals surface area contributed by atoms with Crippen LogP contribution in [-0.2, 0) is 0 Å². The van der Waals surface area contributed by atoms with Gasteiger partial charge in [0.1, 0.15) is 5.69 Å². The normalized spacial score (nSPS) is 24.1. The molecule has 4 rings (SSSR count). The number of amides is 1. The lowest BCUT2D eigenvalue weighted by atomic mass is 9.76. The molecule has 0 spiro atoms. The maximum absolute atomic E-state index is 12.4. The number of carbonyl (C=O) groups is 1. The molecule has 0 radical (unpaired) electrons. The minimum atomic E-state index is 0.0469. The van der Waals surface area contributed by atoms with E-state index in [0.717, 1.165) is 25.9 Å². The second-order valence-corrected chi connectivity index (χ2v) is 7.55. The number of aromatic amines is 1. The fraction of sp³-hybridized carbons (Fsp3) is 0.474. The molecule has 5 nitrogen and oxygen atoms in total. The first-order chi connectivity index (χ1) is 12.2. The molecular weight excluding hydrogens is 336 g/mol. The molecule has 0 aromatic carbocycles. The van der Waals surface area contributed by atoms with Crippen molar-refractivity contribution < 1.29 is 4.79 Å². The Hall–Kier alpha value is -1.85. The maximum atomic E-state index is 12.4. The second kappa shape index (κ2) is 7.18. The van der Waals surface area contributed by atoms with Crippen molar-refractivity contribution in [3.8, 4) is 0 Å². The molecule has 25 heavy (non-hydrogen) atoms. The number of rotatable bonds is 4. The summed E-state index contributed by atoms with van der Waals surface area (Å²) in [6.07, 6.45) is 9.85. The molecule has 1 saturated carbocycles. The van der Waals surface area contributed by atoms with E-state index >= 15 is 0 Å². The van der Waals surface area contributed by atoms with E-state index in [0.29, 0.717) is 28.7 Å². The lowest BCUT2D eigenvalue weighted by Gasteiger charge is -2.41. The van der Waals surface area contributed by atoms with Gasteiger partial charge in [0.2, 0.25) is 0 Å². The molecule has 1 aliphatic heterocycles. The van der Waals surface area contributed by atoms with Crippen LogP contribution >= 0.6 is 11.6 Å². The van der Waals surface area contributed by atoms with Gasteiger partial charge in [-0.05, 0) is 49.3 Å². The van der Waals surface area contributed by atoms with E-state index in [-0.39, 0.29) is 5.91 Å². The number of halogens is 1. The first-order valence-electron chi connectivity index (χ1n) is 8.98. The van der Waals surface area contributed by atoms with E-state index in [1.807, 2.05) is 23.4 Å². The van der Waals surface area contributed by atoms with Crippen LogP contribution in [-0.4, -0.2) is 45.9 Å². The van der Waals surface area contributed by atoms with Crippen LogP contribution in [0.2, 0.25) is 5.02 Å². The van der Waals surface area contributed by atoms with Crippen LogP contribution in [0.3, 0.4) is 0 Å². The molecule has 6 heteroatoms. The Labute approximate surface area is 152 Å². The summed E-state index contributed by atoms with van der Waals surface area (Å²) in [6, 6.07) is 6.99. The summed E-state index contributed by atoms with van der Waals surface area (Å²) in [4.78, 5) is 21.5. The molecule has 1 aliphatic carbocycles. The number of aromatic nitrogens is 2. The standard InChI is InChI=1S/C19H23ClN4O/c20-15-10-18(22-12-15)19(25)24-6-3-16(4-7-24)23-17-8-14(9-17)13-2-1-5-21-11-13/h1-2,5,10-12,14,16-17,22-23H,3-4,6-9H2. The number of piperidine rings is 1. The van der Waals surface area contributed by atoms with Gasteiger partial charge in [-0.25, -0.2) is 0 Å². The predicted molar refractivity (Wildman–Crippen MR) is 97.9 cm³/mol. The highest BCUT2D eigenvalue weighted by molar-refractivity contribution is 6.30. The van der Waals surface area contributed by atoms with Gasteiger partial charge in [-0.3, -0.25) is 9.78 Å². The quantitative estimate of drug-likeness (QED) is 0.882. The third kappa shape index (κ3) is 3.72. The van der Waals surface area contributed by atoms with Crippen molar-refractivity contribution in [2.75, 3.05) is 13.1 Å². The largest absolute Gasteiger partial charge is 0.356 e. The molecule has 0 unspecified atom stereocenters. The van der Waals surface area contributed by atoms with Gasteiger partial charge in [0.05, 0.1) is 5.02 Å². The van der Waals surface area contributed by atoms with E-state index in [2.05, 4.69) is 21.4 Å². The van der Waals surface area contributed by atoms with Gasteiger partial charge in [0, 0.05) is 43.8 Å². The van der Waals surface area contributed by atoms with Crippen LogP contribution in [0.4, 0.5) is 0 Å². The van der Waals surface area contributed by atoms with Crippen molar-refractivity contribution in [2.45, 2.75) is 43.7 Å². The number of pyridine rings is 1. The third-order valence-corrected chi connectivity index (χ3v) is 5.64. The fourth-order valence-electron chi connectivity index (χ4n) is 3.89. The van der Waals surface area contributed by atoms with E-state index in [1.54, 1.807) is 12.3 Å². The Morgan fingerprint density at radius 3 is 2.72 bits per heavy atom. The van der Waals surface area contributed by atoms with Crippen molar-refractivity contribution in [1.29, 1.82) is 0 Å². The van der Waals surface area contributed by atoms with Gasteiger partial charge in [0.15, 0.2) is 0 Å². The summed E-state index contributed by atoms with van der Waals surface area (Å²) < 4.78 is 0. The van der Waals surface area contributed by atoms with Gasteiger partial charge in [-0.2, -0.15) is 0 Å². The monoisotopic (exact) mass is 358 g/mol. The number of H-pyrrole nitrogens is 1. The summed E-state index contributed by atoms with van der Waals surface area (Å²) in [7, 11) is 0. The number of nitrogens with one attached hydrogen (secondary N) is 2. The van der Waals surface area contributed by atoms with Crippen molar-refractivity contribution in [2.24, 2.45) is 0 Å². The van der Waals surface area contributed by atoms with Crippen LogP contribution in [0.15, 0.2) is 36.8 Å². The Kier molecular flexibility index (Phi) is 4.77. The van der Waals surface area contributed by atoms with E-state index < -0.39 is 0 Å². The number of nitrogens with zero attached hydrogens (tertiary/aromatic N) is 2. The van der Waals surface area contributed by atoms with Crippen molar-refractivity contribution in [3.05, 3.63) is 53.1 Å². The number of hydrogen-bond acceptors (Lipinski definition) is 3. The molecule has 2 aliphatic rings. The van der Waals surface area contributed by atoms with Crippen molar-refractivity contribution >= 4 is 17.5 Å². The van der Waals surface area contributed by atoms with Crippen LogP contribution in [0, 0.1) is 0 Å². The Morgan fingerprint density at radius 1 is 1.28 bits per heavy atom. The molecular formula is C19H23ClN4O. The lowest BCUT2D eigenvalue weighted by molar-refractivity contribution is 0.0690. The van der Waals surface area contributed by atoms with Crippen molar-refractivity contribution in [3.63, 3.8) is 0 Å². The molecule has 132 valence electrons. The molecule has 1 amide bonds. The van der Waals surface area contributed by atoms with E-state index in [1.165, 1.54) is 18.4 Å². The fourth-order valence-corrected chi connectivity index (χ4v) is 4.05. The van der Waals surface area contributed by atoms with Gasteiger partial charge < -0.3 is 15.2 Å². The molecule has 3 heterocycles. The molecule has 1 saturated heterocycles. The van der Waals surface area contributed by atoms with Crippen LogP contribution in [0.1, 0.15) is 47.7 Å². The molecule has 0 bridgehead atoms. The molecule has 0 atom stereocenters. The Bertz CT molecular complexity index is 718. The minimum Gasteiger partial charge on any atom is -0.356 e. The lowest BCUT2D eigenvalue weighted by Crippen LogP contribution is -2.50. The summed E-state index contributed by atoms with van der Waals surface area (Å²) in [6.45, 7) is 1.60. The Morgan fingerprint density at radius 2 is 2.08 bits per heavy atom. The zero-order chi connectivity index (χ0) is 17.2. The van der Waals surface area contributed by atoms with Gasteiger partial charge in [-0.15, -0.1) is 0 Å². The Balaban J connectivity index is 1.22. The summed E-state index contributed by atoms with van der Waals surface area (Å²) >= 11 is 5.89. The zero-order valence-corrected chi connectivity index (χ0v) is 14.9. The van der Waals surface area contributed by atoms with Crippen LogP contribution in [0.5, 0.6) is 0 Å². The highest BCUT2D eigenvalue weighted by Gasteiger charge is 2.33. The smallest absolute Gasteiger partial charge is 0.270 e. The summed E-state index contributed by atoms with van der Waals surface area (Å²) in [5, 5.41) is 4.35. The average molecular weight is 359 g/mol. The topological polar surface area (TPSA) is 61.0 Å². The highest BCUT2D eigenvalue weighted by atomic mass is 35.5. The van der Waals surface area contributed by atoms with Gasteiger partial charge >= 0.3 is 0 Å². The minimum absolute atomic E-state index is 0.0469. The molecule has 2 fully saturated rings. The average Bonchev–Trinajstić information content (AvgIpc) is 3.05. The SMILES string of the molecule is O=C(c1cc(Cl)c[nH]1)N1CCC(NC2CC(c3cccnc3)C2)CC1. The first-order valence-corrected chi connectivity index (χ1v) is 9.36. The second-order valence-electron chi connectivity index (χ2n) is 7.12. The van der Waals surface area contributed by atoms with E-state index in [9.17, 15) is 4.79 Å². The highest BCUT2D eigenvalue weighted by Crippen LogP contribution is 2.37. The van der Waals surface area contributed by atoms with Crippen LogP contribution < -0.4 is 5.32 Å². The van der Waals surface area contributed by atoms with Gasteiger partial charge in [-0.1, -0.05) is 17.7 Å². The maximum Gasteiger partial charge on any atom is 0.270 e. The van der Waals surface area contributed by atoms with E-state index in [4.69, 9.17) is 11.6 Å². The number of hydrogen-bond donors (Lipinski definition) is 2. The van der Waals surface area contributed by atoms with Crippen LogP contribution in [0.25, 0.3) is 0 Å².